The summed E-state index contributed by atoms with van der Waals surface area (Å²) in [7, 11) is 0. The van der Waals surface area contributed by atoms with Crippen molar-refractivity contribution in [2.75, 3.05) is 13.1 Å². The van der Waals surface area contributed by atoms with Gasteiger partial charge in [-0.25, -0.2) is 0 Å². The Bertz CT molecular complexity index is 274. The number of nitrogens with zero attached hydrogens (tertiary/aromatic N) is 1. The summed E-state index contributed by atoms with van der Waals surface area (Å²) in [6.07, 6.45) is 10.9. The van der Waals surface area contributed by atoms with Crippen LogP contribution in [0.3, 0.4) is 0 Å². The Morgan fingerprint density at radius 3 is 2.05 bits per heavy atom. The van der Waals surface area contributed by atoms with E-state index in [4.69, 9.17) is 5.84 Å². The van der Waals surface area contributed by atoms with Crippen molar-refractivity contribution in [3.8, 4) is 0 Å². The topological polar surface area (TPSA) is 41.3 Å². The number of likely N-dealkylation sites (tertiary alicyclic amines) is 1. The Morgan fingerprint density at radius 2 is 1.55 bits per heavy atom. The molecule has 0 amide bonds. The lowest BCUT2D eigenvalue weighted by Crippen LogP contribution is -2.62. The Balaban J connectivity index is 2.03. The van der Waals surface area contributed by atoms with Crippen LogP contribution < -0.4 is 11.3 Å². The maximum Gasteiger partial charge on any atom is 0.0417 e. The first-order valence-corrected chi connectivity index (χ1v) is 8.77. The molecule has 1 aliphatic carbocycles. The highest BCUT2D eigenvalue weighted by Gasteiger charge is 2.40. The lowest BCUT2D eigenvalue weighted by molar-refractivity contribution is 0.0450. The first kappa shape index (κ1) is 16.3. The van der Waals surface area contributed by atoms with Gasteiger partial charge in [0.1, 0.15) is 0 Å². The van der Waals surface area contributed by atoms with E-state index in [0.717, 1.165) is 11.8 Å². The summed E-state index contributed by atoms with van der Waals surface area (Å²) < 4.78 is 0. The summed E-state index contributed by atoms with van der Waals surface area (Å²) in [6, 6.07) is 0.424. The van der Waals surface area contributed by atoms with Crippen LogP contribution in [0.1, 0.15) is 72.1 Å². The smallest absolute Gasteiger partial charge is 0.0417 e. The zero-order valence-corrected chi connectivity index (χ0v) is 13.8. The Kier molecular flexibility index (Phi) is 5.88. The summed E-state index contributed by atoms with van der Waals surface area (Å²) in [4.78, 5) is 2.70. The molecule has 0 radical (unpaired) electrons. The average Bonchev–Trinajstić information content (AvgIpc) is 2.71. The van der Waals surface area contributed by atoms with Gasteiger partial charge in [-0.2, -0.15) is 0 Å². The van der Waals surface area contributed by atoms with Gasteiger partial charge in [0, 0.05) is 11.6 Å². The molecule has 0 spiro atoms. The van der Waals surface area contributed by atoms with Gasteiger partial charge in [-0.05, 0) is 64.5 Å². The molecule has 1 aliphatic heterocycles. The van der Waals surface area contributed by atoms with Crippen LogP contribution >= 0.6 is 0 Å². The van der Waals surface area contributed by atoms with E-state index in [0.29, 0.717) is 6.04 Å². The van der Waals surface area contributed by atoms with E-state index in [1.807, 2.05) is 0 Å². The molecule has 2 rings (SSSR count). The largest absolute Gasteiger partial charge is 0.297 e. The highest BCUT2D eigenvalue weighted by atomic mass is 15.3. The van der Waals surface area contributed by atoms with E-state index in [1.165, 1.54) is 64.5 Å². The number of nitrogens with one attached hydrogen (secondary N) is 1. The Morgan fingerprint density at radius 1 is 1.00 bits per heavy atom. The first-order chi connectivity index (χ1) is 9.55. The van der Waals surface area contributed by atoms with Crippen molar-refractivity contribution >= 4 is 0 Å². The molecule has 0 aromatic heterocycles. The summed E-state index contributed by atoms with van der Waals surface area (Å²) in [5.41, 5.74) is 3.37. The van der Waals surface area contributed by atoms with Crippen molar-refractivity contribution < 1.29 is 0 Å². The molecule has 20 heavy (non-hydrogen) atoms. The van der Waals surface area contributed by atoms with Crippen LogP contribution in [0, 0.1) is 11.8 Å². The molecule has 3 heteroatoms. The van der Waals surface area contributed by atoms with Crippen molar-refractivity contribution in [1.82, 2.24) is 10.3 Å². The number of hydrazine groups is 1. The van der Waals surface area contributed by atoms with Gasteiger partial charge >= 0.3 is 0 Å². The number of hydrogen-bond acceptors (Lipinski definition) is 3. The van der Waals surface area contributed by atoms with Crippen LogP contribution in [0.25, 0.3) is 0 Å². The summed E-state index contributed by atoms with van der Waals surface area (Å²) >= 11 is 0. The maximum absolute atomic E-state index is 5.99. The van der Waals surface area contributed by atoms with Gasteiger partial charge in [-0.3, -0.25) is 16.2 Å². The number of hydrogen-bond donors (Lipinski definition) is 2. The van der Waals surface area contributed by atoms with E-state index >= 15 is 0 Å². The van der Waals surface area contributed by atoms with E-state index in [1.54, 1.807) is 0 Å². The van der Waals surface area contributed by atoms with Crippen LogP contribution in [0.2, 0.25) is 0 Å². The maximum atomic E-state index is 5.99. The lowest BCUT2D eigenvalue weighted by atomic mass is 9.73. The van der Waals surface area contributed by atoms with Gasteiger partial charge in [-0.1, -0.05) is 32.6 Å². The molecule has 118 valence electrons. The van der Waals surface area contributed by atoms with Gasteiger partial charge in [-0.15, -0.1) is 0 Å². The van der Waals surface area contributed by atoms with Gasteiger partial charge in [0.2, 0.25) is 0 Å². The van der Waals surface area contributed by atoms with Crippen molar-refractivity contribution in [3.63, 3.8) is 0 Å². The standard InChI is InChI=1S/C17H35N3/c1-14-8-10-15(11-9-14)16(19-18)17(2,3)20-12-6-4-5-7-13-20/h14-16,19H,4-13,18H2,1-3H3. The second kappa shape index (κ2) is 7.24. The molecule has 0 aromatic carbocycles. The third kappa shape index (κ3) is 3.75. The van der Waals surface area contributed by atoms with Crippen LogP contribution in [0.15, 0.2) is 0 Å². The average molecular weight is 281 g/mol. The summed E-state index contributed by atoms with van der Waals surface area (Å²) in [5, 5.41) is 0. The Hall–Kier alpha value is -0.120. The normalized spacial score (nSPS) is 31.8. The molecular formula is C17H35N3. The SMILES string of the molecule is CC1CCC(C(NN)C(C)(C)N2CCCCCC2)CC1. The van der Waals surface area contributed by atoms with Crippen LogP contribution in [-0.4, -0.2) is 29.6 Å². The molecule has 1 saturated heterocycles. The monoisotopic (exact) mass is 281 g/mol. The van der Waals surface area contributed by atoms with Crippen molar-refractivity contribution in [2.24, 2.45) is 17.7 Å². The minimum atomic E-state index is 0.171. The minimum absolute atomic E-state index is 0.171. The van der Waals surface area contributed by atoms with Crippen LogP contribution in [0.5, 0.6) is 0 Å². The minimum Gasteiger partial charge on any atom is -0.297 e. The molecule has 0 aromatic rings. The van der Waals surface area contributed by atoms with Gasteiger partial charge in [0.05, 0.1) is 0 Å². The molecule has 1 atom stereocenters. The van der Waals surface area contributed by atoms with Crippen molar-refractivity contribution in [2.45, 2.75) is 83.7 Å². The van der Waals surface area contributed by atoms with Crippen molar-refractivity contribution in [1.29, 1.82) is 0 Å². The van der Waals surface area contributed by atoms with E-state index in [9.17, 15) is 0 Å². The fourth-order valence-corrected chi connectivity index (χ4v) is 4.38. The van der Waals surface area contributed by atoms with Crippen molar-refractivity contribution in [3.05, 3.63) is 0 Å². The summed E-state index contributed by atoms with van der Waals surface area (Å²) in [6.45, 7) is 9.69. The number of rotatable bonds is 4. The number of nitrogens with two attached hydrogens (primary N) is 1. The fraction of sp³-hybridized carbons (Fsp3) is 1.00. The fourth-order valence-electron chi connectivity index (χ4n) is 4.38. The quantitative estimate of drug-likeness (QED) is 0.613. The molecule has 1 heterocycles. The zero-order valence-electron chi connectivity index (χ0n) is 13.8. The van der Waals surface area contributed by atoms with Gasteiger partial charge in [0.25, 0.3) is 0 Å². The second-order valence-corrected chi connectivity index (χ2v) is 7.72. The molecule has 2 aliphatic rings. The van der Waals surface area contributed by atoms with Gasteiger partial charge in [0.15, 0.2) is 0 Å². The predicted octanol–water partition coefficient (Wildman–Crippen LogP) is 3.30. The predicted molar refractivity (Wildman–Crippen MR) is 86.4 cm³/mol. The third-order valence-corrected chi connectivity index (χ3v) is 5.89. The third-order valence-electron chi connectivity index (χ3n) is 5.89. The van der Waals surface area contributed by atoms with Gasteiger partial charge < -0.3 is 0 Å². The first-order valence-electron chi connectivity index (χ1n) is 8.77. The lowest BCUT2D eigenvalue weighted by Gasteiger charge is -2.48. The van der Waals surface area contributed by atoms with E-state index < -0.39 is 0 Å². The van der Waals surface area contributed by atoms with E-state index in [-0.39, 0.29) is 5.54 Å². The highest BCUT2D eigenvalue weighted by molar-refractivity contribution is 4.97. The molecule has 3 nitrogen and oxygen atoms in total. The highest BCUT2D eigenvalue weighted by Crippen LogP contribution is 2.36. The molecular weight excluding hydrogens is 246 g/mol. The second-order valence-electron chi connectivity index (χ2n) is 7.72. The molecule has 1 saturated carbocycles. The molecule has 1 unspecified atom stereocenters. The molecule has 0 bridgehead atoms. The van der Waals surface area contributed by atoms with Crippen LogP contribution in [-0.2, 0) is 0 Å². The zero-order chi connectivity index (χ0) is 14.6. The molecule has 2 fully saturated rings. The van der Waals surface area contributed by atoms with E-state index in [2.05, 4.69) is 31.1 Å². The van der Waals surface area contributed by atoms with Crippen LogP contribution in [0.4, 0.5) is 0 Å². The summed E-state index contributed by atoms with van der Waals surface area (Å²) in [5.74, 6) is 7.65. The Labute approximate surface area is 125 Å². The molecule has 3 N–H and O–H groups in total.